The smallest absolute Gasteiger partial charge is 0.135 e. The van der Waals surface area contributed by atoms with Crippen molar-refractivity contribution in [2.24, 2.45) is 0 Å². The Morgan fingerprint density at radius 1 is 1.71 bits per heavy atom. The van der Waals surface area contributed by atoms with Crippen LogP contribution in [0.2, 0.25) is 0 Å². The molecule has 0 bridgehead atoms. The fourth-order valence-electron chi connectivity index (χ4n) is 1.23. The van der Waals surface area contributed by atoms with Crippen LogP contribution in [0.15, 0.2) is 23.6 Å². The van der Waals surface area contributed by atoms with Gasteiger partial charge in [0.05, 0.1) is 18.1 Å². The summed E-state index contributed by atoms with van der Waals surface area (Å²) in [6.07, 6.45) is 1.13. The summed E-state index contributed by atoms with van der Waals surface area (Å²) in [5, 5.41) is 11.8. The quantitative estimate of drug-likeness (QED) is 0.760. The molecule has 0 spiro atoms. The molecular formula is C11H16O2S. The molecule has 0 saturated heterocycles. The minimum atomic E-state index is -0.429. The second-order valence-corrected chi connectivity index (χ2v) is 4.31. The first-order valence-electron chi connectivity index (χ1n) is 4.59. The fourth-order valence-corrected chi connectivity index (χ4v) is 2.12. The SMILES string of the molecule is C=C(C)CCC(O)c1sccc1OC. The van der Waals surface area contributed by atoms with E-state index in [4.69, 9.17) is 4.74 Å². The predicted octanol–water partition coefficient (Wildman–Crippen LogP) is 3.15. The van der Waals surface area contributed by atoms with Crippen molar-refractivity contribution in [3.8, 4) is 5.75 Å². The molecule has 0 fully saturated rings. The molecule has 1 aromatic heterocycles. The lowest BCUT2D eigenvalue weighted by atomic mass is 10.1. The van der Waals surface area contributed by atoms with E-state index in [9.17, 15) is 5.11 Å². The highest BCUT2D eigenvalue weighted by Gasteiger charge is 2.14. The molecule has 78 valence electrons. The van der Waals surface area contributed by atoms with E-state index in [2.05, 4.69) is 6.58 Å². The molecule has 3 heteroatoms. The van der Waals surface area contributed by atoms with E-state index >= 15 is 0 Å². The van der Waals surface area contributed by atoms with E-state index in [0.717, 1.165) is 22.6 Å². The van der Waals surface area contributed by atoms with Gasteiger partial charge >= 0.3 is 0 Å². The molecule has 0 saturated carbocycles. The van der Waals surface area contributed by atoms with E-state index in [-0.39, 0.29) is 0 Å². The number of hydrogen-bond acceptors (Lipinski definition) is 3. The van der Waals surface area contributed by atoms with Crippen molar-refractivity contribution in [1.82, 2.24) is 0 Å². The van der Waals surface area contributed by atoms with Crippen molar-refractivity contribution in [3.05, 3.63) is 28.5 Å². The van der Waals surface area contributed by atoms with Crippen LogP contribution in [0.5, 0.6) is 5.75 Å². The number of ether oxygens (including phenoxy) is 1. The van der Waals surface area contributed by atoms with Gasteiger partial charge in [-0.3, -0.25) is 0 Å². The Kier molecular flexibility index (Phi) is 4.17. The highest BCUT2D eigenvalue weighted by atomic mass is 32.1. The van der Waals surface area contributed by atoms with Crippen molar-refractivity contribution >= 4 is 11.3 Å². The topological polar surface area (TPSA) is 29.5 Å². The summed E-state index contributed by atoms with van der Waals surface area (Å²) in [6, 6.07) is 1.88. The first-order chi connectivity index (χ1) is 6.65. The third-order valence-electron chi connectivity index (χ3n) is 2.02. The van der Waals surface area contributed by atoms with E-state index in [0.29, 0.717) is 6.42 Å². The lowest BCUT2D eigenvalue weighted by Crippen LogP contribution is -1.97. The van der Waals surface area contributed by atoms with Crippen LogP contribution in [-0.4, -0.2) is 12.2 Å². The average molecular weight is 212 g/mol. The molecule has 2 nitrogen and oxygen atoms in total. The number of hydrogen-bond donors (Lipinski definition) is 1. The van der Waals surface area contributed by atoms with E-state index in [1.807, 2.05) is 18.4 Å². The maximum absolute atomic E-state index is 9.86. The second-order valence-electron chi connectivity index (χ2n) is 3.36. The van der Waals surface area contributed by atoms with Gasteiger partial charge in [-0.2, -0.15) is 0 Å². The van der Waals surface area contributed by atoms with Gasteiger partial charge in [0, 0.05) is 0 Å². The first-order valence-corrected chi connectivity index (χ1v) is 5.47. The Morgan fingerprint density at radius 3 is 3.00 bits per heavy atom. The maximum atomic E-state index is 9.86. The number of allylic oxidation sites excluding steroid dienone is 1. The van der Waals surface area contributed by atoms with Gasteiger partial charge in [-0.1, -0.05) is 5.57 Å². The van der Waals surface area contributed by atoms with E-state index < -0.39 is 6.10 Å². The van der Waals surface area contributed by atoms with Gasteiger partial charge in [-0.05, 0) is 31.2 Å². The standard InChI is InChI=1S/C11H16O2S/c1-8(2)4-5-9(12)11-10(13-3)6-7-14-11/h6-7,9,12H,1,4-5H2,2-3H3. The molecule has 1 unspecified atom stereocenters. The van der Waals surface area contributed by atoms with Crippen molar-refractivity contribution in [2.75, 3.05) is 7.11 Å². The molecule has 14 heavy (non-hydrogen) atoms. The molecule has 0 radical (unpaired) electrons. The van der Waals surface area contributed by atoms with Crippen LogP contribution < -0.4 is 4.74 Å². The minimum absolute atomic E-state index is 0.429. The summed E-state index contributed by atoms with van der Waals surface area (Å²) in [7, 11) is 1.62. The molecule has 0 aromatic carbocycles. The Balaban J connectivity index is 2.59. The van der Waals surface area contributed by atoms with Gasteiger partial charge in [-0.25, -0.2) is 0 Å². The second kappa shape index (κ2) is 5.17. The summed E-state index contributed by atoms with van der Waals surface area (Å²) in [6.45, 7) is 5.78. The Hall–Kier alpha value is -0.800. The predicted molar refractivity (Wildman–Crippen MR) is 59.9 cm³/mol. The van der Waals surface area contributed by atoms with Crippen molar-refractivity contribution < 1.29 is 9.84 Å². The minimum Gasteiger partial charge on any atom is -0.495 e. The summed E-state index contributed by atoms with van der Waals surface area (Å²) in [5.74, 6) is 0.782. The number of thiophene rings is 1. The van der Waals surface area contributed by atoms with E-state index in [1.165, 1.54) is 11.3 Å². The van der Waals surface area contributed by atoms with Crippen LogP contribution in [0.4, 0.5) is 0 Å². The number of aliphatic hydroxyl groups is 1. The zero-order valence-electron chi connectivity index (χ0n) is 8.62. The van der Waals surface area contributed by atoms with Crippen LogP contribution in [0.3, 0.4) is 0 Å². The number of aliphatic hydroxyl groups excluding tert-OH is 1. The number of methoxy groups -OCH3 is 1. The third-order valence-corrected chi connectivity index (χ3v) is 3.02. The van der Waals surface area contributed by atoms with Crippen LogP contribution in [-0.2, 0) is 0 Å². The molecular weight excluding hydrogens is 196 g/mol. The van der Waals surface area contributed by atoms with Gasteiger partial charge in [0.2, 0.25) is 0 Å². The molecule has 0 aliphatic carbocycles. The molecule has 1 atom stereocenters. The van der Waals surface area contributed by atoms with Crippen molar-refractivity contribution in [1.29, 1.82) is 0 Å². The van der Waals surface area contributed by atoms with Crippen LogP contribution in [0, 0.1) is 0 Å². The Morgan fingerprint density at radius 2 is 2.43 bits per heavy atom. The van der Waals surface area contributed by atoms with Crippen molar-refractivity contribution in [3.63, 3.8) is 0 Å². The van der Waals surface area contributed by atoms with E-state index in [1.54, 1.807) is 7.11 Å². The lowest BCUT2D eigenvalue weighted by Gasteiger charge is -2.10. The zero-order chi connectivity index (χ0) is 10.6. The van der Waals surface area contributed by atoms with Gasteiger partial charge in [0.15, 0.2) is 0 Å². The highest BCUT2D eigenvalue weighted by molar-refractivity contribution is 7.10. The third kappa shape index (κ3) is 2.86. The normalized spacial score (nSPS) is 12.5. The largest absolute Gasteiger partial charge is 0.495 e. The summed E-state index contributed by atoms with van der Waals surface area (Å²) >= 11 is 1.53. The van der Waals surface area contributed by atoms with Crippen molar-refractivity contribution in [2.45, 2.75) is 25.9 Å². The summed E-state index contributed by atoms with van der Waals surface area (Å²) < 4.78 is 5.14. The van der Waals surface area contributed by atoms with Crippen LogP contribution in [0.1, 0.15) is 30.7 Å². The van der Waals surface area contributed by atoms with Gasteiger partial charge in [-0.15, -0.1) is 17.9 Å². The van der Waals surface area contributed by atoms with Gasteiger partial charge in [0.25, 0.3) is 0 Å². The first kappa shape index (κ1) is 11.3. The molecule has 1 heterocycles. The molecule has 1 N–H and O–H groups in total. The van der Waals surface area contributed by atoms with Gasteiger partial charge < -0.3 is 9.84 Å². The molecule has 0 aliphatic rings. The molecule has 1 aromatic rings. The Bertz CT molecular complexity index is 304. The lowest BCUT2D eigenvalue weighted by molar-refractivity contribution is 0.168. The molecule has 1 rings (SSSR count). The fraction of sp³-hybridized carbons (Fsp3) is 0.455. The molecule has 0 amide bonds. The van der Waals surface area contributed by atoms with Crippen LogP contribution in [0.25, 0.3) is 0 Å². The Labute approximate surface area is 88.8 Å². The summed E-state index contributed by atoms with van der Waals surface area (Å²) in [5.41, 5.74) is 1.10. The van der Waals surface area contributed by atoms with Gasteiger partial charge in [0.1, 0.15) is 5.75 Å². The monoisotopic (exact) mass is 212 g/mol. The average Bonchev–Trinajstić information content (AvgIpc) is 2.61. The molecule has 0 aliphatic heterocycles. The number of rotatable bonds is 5. The maximum Gasteiger partial charge on any atom is 0.135 e. The zero-order valence-corrected chi connectivity index (χ0v) is 9.43. The highest BCUT2D eigenvalue weighted by Crippen LogP contribution is 2.33. The summed E-state index contributed by atoms with van der Waals surface area (Å²) in [4.78, 5) is 0.911. The van der Waals surface area contributed by atoms with Crippen LogP contribution >= 0.6 is 11.3 Å².